The molecular weight excluding hydrogens is 268 g/mol. The van der Waals surface area contributed by atoms with Crippen LogP contribution in [0.15, 0.2) is 47.4 Å². The number of halogens is 2. The molecule has 2 aromatic rings. The molecule has 1 unspecified atom stereocenters. The minimum Gasteiger partial charge on any atom is -0.399 e. The van der Waals surface area contributed by atoms with Crippen LogP contribution in [0.25, 0.3) is 0 Å². The number of aryl methyl sites for hydroxylation is 1. The van der Waals surface area contributed by atoms with Crippen LogP contribution in [0.1, 0.15) is 5.56 Å². The molecule has 0 saturated carbocycles. The quantitative estimate of drug-likeness (QED) is 0.876. The normalized spacial score (nSPS) is 12.3. The lowest BCUT2D eigenvalue weighted by atomic mass is 10.1. The minimum absolute atomic E-state index is 0.286. The number of nitrogen functional groups attached to an aromatic ring is 1. The van der Waals surface area contributed by atoms with E-state index in [4.69, 9.17) is 5.73 Å². The van der Waals surface area contributed by atoms with Crippen LogP contribution in [0.4, 0.5) is 14.5 Å². The van der Waals surface area contributed by atoms with Gasteiger partial charge in [-0.05, 0) is 36.2 Å². The molecule has 0 aliphatic heterocycles. The van der Waals surface area contributed by atoms with E-state index in [9.17, 15) is 13.0 Å². The van der Waals surface area contributed by atoms with Gasteiger partial charge in [0.2, 0.25) is 0 Å². The maximum atomic E-state index is 13.0. The van der Waals surface area contributed by atoms with Gasteiger partial charge in [-0.1, -0.05) is 18.2 Å². The zero-order valence-electron chi connectivity index (χ0n) is 10.1. The summed E-state index contributed by atoms with van der Waals surface area (Å²) in [4.78, 5) is 0.286. The summed E-state index contributed by atoms with van der Waals surface area (Å²) in [5.74, 6) is -1.60. The third-order valence-corrected chi connectivity index (χ3v) is 4.12. The van der Waals surface area contributed by atoms with E-state index in [0.29, 0.717) is 17.9 Å². The topological polar surface area (TPSA) is 43.1 Å². The Morgan fingerprint density at radius 2 is 1.79 bits per heavy atom. The lowest BCUT2D eigenvalue weighted by Crippen LogP contribution is -2.04. The second-order valence-electron chi connectivity index (χ2n) is 4.07. The third kappa shape index (κ3) is 3.38. The Morgan fingerprint density at radius 1 is 1.05 bits per heavy atom. The van der Waals surface area contributed by atoms with Crippen LogP contribution in [0, 0.1) is 11.6 Å². The van der Waals surface area contributed by atoms with Gasteiger partial charge < -0.3 is 5.73 Å². The largest absolute Gasteiger partial charge is 0.399 e. The van der Waals surface area contributed by atoms with Crippen molar-refractivity contribution in [3.8, 4) is 0 Å². The summed E-state index contributed by atoms with van der Waals surface area (Å²) in [5.41, 5.74) is 7.33. The van der Waals surface area contributed by atoms with Gasteiger partial charge in [0.15, 0.2) is 11.6 Å². The number of para-hydroxylation sites is 1. The Labute approximate surface area is 112 Å². The second-order valence-corrected chi connectivity index (χ2v) is 5.65. The Kier molecular flexibility index (Phi) is 4.27. The lowest BCUT2D eigenvalue weighted by Gasteiger charge is -2.06. The summed E-state index contributed by atoms with van der Waals surface area (Å²) in [6.07, 6.45) is 0.526. The highest BCUT2D eigenvalue weighted by atomic mass is 32.2. The molecule has 5 heteroatoms. The van der Waals surface area contributed by atoms with Crippen molar-refractivity contribution in [1.29, 1.82) is 0 Å². The smallest absolute Gasteiger partial charge is 0.160 e. The Hall–Kier alpha value is -1.75. The van der Waals surface area contributed by atoms with Crippen LogP contribution in [0.2, 0.25) is 0 Å². The number of hydrogen-bond acceptors (Lipinski definition) is 2. The molecule has 0 bridgehead atoms. The molecule has 0 spiro atoms. The molecule has 19 heavy (non-hydrogen) atoms. The fourth-order valence-corrected chi connectivity index (χ4v) is 2.80. The van der Waals surface area contributed by atoms with E-state index >= 15 is 0 Å². The molecule has 100 valence electrons. The second kappa shape index (κ2) is 5.93. The van der Waals surface area contributed by atoms with Crippen molar-refractivity contribution in [3.05, 3.63) is 59.7 Å². The molecule has 0 saturated heterocycles. The van der Waals surface area contributed by atoms with Crippen LogP contribution >= 0.6 is 0 Å². The van der Waals surface area contributed by atoms with E-state index in [1.54, 1.807) is 6.07 Å². The molecule has 0 aliphatic rings. The van der Waals surface area contributed by atoms with Gasteiger partial charge in [0, 0.05) is 16.3 Å². The third-order valence-electron chi connectivity index (χ3n) is 2.77. The molecule has 2 nitrogen and oxygen atoms in total. The van der Waals surface area contributed by atoms with Gasteiger partial charge >= 0.3 is 0 Å². The van der Waals surface area contributed by atoms with E-state index in [1.807, 2.05) is 18.2 Å². The summed E-state index contributed by atoms with van der Waals surface area (Å²) >= 11 is 0. The van der Waals surface area contributed by atoms with Crippen LogP contribution in [-0.2, 0) is 17.2 Å². The van der Waals surface area contributed by atoms with Crippen molar-refractivity contribution in [1.82, 2.24) is 0 Å². The average Bonchev–Trinajstić information content (AvgIpc) is 2.40. The summed E-state index contributed by atoms with van der Waals surface area (Å²) in [6, 6.07) is 10.6. The number of rotatable bonds is 4. The lowest BCUT2D eigenvalue weighted by molar-refractivity contribution is 0.505. The monoisotopic (exact) mass is 281 g/mol. The summed E-state index contributed by atoms with van der Waals surface area (Å²) in [7, 11) is -1.37. The molecule has 0 fully saturated rings. The predicted octanol–water partition coefficient (Wildman–Crippen LogP) is 2.90. The van der Waals surface area contributed by atoms with E-state index in [0.717, 1.165) is 17.7 Å². The highest BCUT2D eigenvalue weighted by Gasteiger charge is 2.09. The van der Waals surface area contributed by atoms with E-state index < -0.39 is 22.4 Å². The first kappa shape index (κ1) is 13.7. The van der Waals surface area contributed by atoms with Crippen LogP contribution in [0.5, 0.6) is 0 Å². The minimum atomic E-state index is -1.37. The first-order valence-electron chi connectivity index (χ1n) is 5.75. The Morgan fingerprint density at radius 3 is 2.47 bits per heavy atom. The summed E-state index contributed by atoms with van der Waals surface area (Å²) in [5, 5.41) is 0. The van der Waals surface area contributed by atoms with Crippen LogP contribution < -0.4 is 5.73 Å². The van der Waals surface area contributed by atoms with Gasteiger partial charge in [-0.15, -0.1) is 0 Å². The molecule has 1 atom stereocenters. The highest BCUT2D eigenvalue weighted by Crippen LogP contribution is 2.16. The zero-order chi connectivity index (χ0) is 13.8. The molecule has 2 aromatic carbocycles. The summed E-state index contributed by atoms with van der Waals surface area (Å²) < 4.78 is 37.8. The number of benzene rings is 2. The predicted molar refractivity (Wildman–Crippen MR) is 72.2 cm³/mol. The van der Waals surface area contributed by atoms with Crippen molar-refractivity contribution in [2.75, 3.05) is 11.5 Å². The molecular formula is C14H13F2NOS. The number of nitrogens with two attached hydrogens (primary N) is 1. The summed E-state index contributed by atoms with van der Waals surface area (Å²) in [6.45, 7) is 0. The average molecular weight is 281 g/mol. The van der Waals surface area contributed by atoms with Gasteiger partial charge in [-0.2, -0.15) is 0 Å². The molecule has 0 radical (unpaired) electrons. The molecule has 2 rings (SSSR count). The fourth-order valence-electron chi connectivity index (χ4n) is 1.70. The van der Waals surface area contributed by atoms with Gasteiger partial charge in [-0.25, -0.2) is 8.78 Å². The maximum absolute atomic E-state index is 13.0. The SMILES string of the molecule is Nc1ccccc1CCS(=O)c1ccc(F)c(F)c1. The number of hydrogen-bond donors (Lipinski definition) is 1. The standard InChI is InChI=1S/C14H13F2NOS/c15-12-6-5-11(9-13(12)16)19(18)8-7-10-3-1-2-4-14(10)17/h1-6,9H,7-8,17H2. The molecule has 0 heterocycles. The van der Waals surface area contributed by atoms with E-state index in [-0.39, 0.29) is 4.90 Å². The zero-order valence-corrected chi connectivity index (χ0v) is 10.9. The Bertz CT molecular complexity index is 616. The van der Waals surface area contributed by atoms with Crippen LogP contribution in [-0.4, -0.2) is 9.96 Å². The van der Waals surface area contributed by atoms with Gasteiger partial charge in [0.05, 0.1) is 10.8 Å². The van der Waals surface area contributed by atoms with Gasteiger partial charge in [0.1, 0.15) is 0 Å². The van der Waals surface area contributed by atoms with Crippen molar-refractivity contribution < 1.29 is 13.0 Å². The van der Waals surface area contributed by atoms with Crippen molar-refractivity contribution in [2.24, 2.45) is 0 Å². The maximum Gasteiger partial charge on any atom is 0.160 e. The van der Waals surface area contributed by atoms with Crippen molar-refractivity contribution in [3.63, 3.8) is 0 Å². The van der Waals surface area contributed by atoms with E-state index in [2.05, 4.69) is 0 Å². The first-order valence-corrected chi connectivity index (χ1v) is 7.06. The molecule has 0 aliphatic carbocycles. The van der Waals surface area contributed by atoms with Crippen molar-refractivity contribution in [2.45, 2.75) is 11.3 Å². The highest BCUT2D eigenvalue weighted by molar-refractivity contribution is 7.85. The number of anilines is 1. The Balaban J connectivity index is 2.05. The molecule has 0 aromatic heterocycles. The fraction of sp³-hybridized carbons (Fsp3) is 0.143. The van der Waals surface area contributed by atoms with Crippen molar-refractivity contribution >= 4 is 16.5 Å². The molecule has 2 N–H and O–H groups in total. The first-order chi connectivity index (χ1) is 9.08. The van der Waals surface area contributed by atoms with Gasteiger partial charge in [-0.3, -0.25) is 4.21 Å². The van der Waals surface area contributed by atoms with E-state index in [1.165, 1.54) is 6.07 Å². The van der Waals surface area contributed by atoms with Crippen LogP contribution in [0.3, 0.4) is 0 Å². The molecule has 0 amide bonds. The van der Waals surface area contributed by atoms with Gasteiger partial charge in [0.25, 0.3) is 0 Å².